The molecule has 0 saturated carbocycles. The van der Waals surface area contributed by atoms with Gasteiger partial charge in [-0.05, 0) is 17.2 Å². The number of alkyl halides is 2. The van der Waals surface area contributed by atoms with E-state index in [1.807, 2.05) is 18.2 Å². The summed E-state index contributed by atoms with van der Waals surface area (Å²) in [6, 6.07) is 5.71. The second-order valence-corrected chi connectivity index (χ2v) is 4.86. The van der Waals surface area contributed by atoms with E-state index in [1.54, 1.807) is 0 Å². The third kappa shape index (κ3) is 2.45. The van der Waals surface area contributed by atoms with Gasteiger partial charge in [0, 0.05) is 44.7 Å². The first kappa shape index (κ1) is 13.6. The van der Waals surface area contributed by atoms with Crippen molar-refractivity contribution >= 4 is 18.1 Å². The number of halogens is 3. The van der Waals surface area contributed by atoms with Crippen molar-refractivity contribution < 1.29 is 8.78 Å². The van der Waals surface area contributed by atoms with Crippen LogP contribution in [0.2, 0.25) is 0 Å². The minimum atomic E-state index is -2.55. The van der Waals surface area contributed by atoms with Crippen LogP contribution in [0, 0.1) is 0 Å². The Morgan fingerprint density at radius 1 is 1.11 bits per heavy atom. The van der Waals surface area contributed by atoms with Gasteiger partial charge in [0.05, 0.1) is 0 Å². The van der Waals surface area contributed by atoms with Crippen molar-refractivity contribution in [2.45, 2.75) is 18.8 Å². The third-order valence-corrected chi connectivity index (χ3v) is 3.59. The van der Waals surface area contributed by atoms with Crippen LogP contribution >= 0.6 is 12.4 Å². The van der Waals surface area contributed by atoms with Crippen LogP contribution in [0.25, 0.3) is 0 Å². The summed E-state index contributed by atoms with van der Waals surface area (Å²) in [7, 11) is 0. The van der Waals surface area contributed by atoms with Gasteiger partial charge in [-0.3, -0.25) is 0 Å². The van der Waals surface area contributed by atoms with Crippen molar-refractivity contribution in [2.75, 3.05) is 31.1 Å². The lowest BCUT2D eigenvalue weighted by atomic mass is 10.1. The number of rotatable bonds is 1. The summed E-state index contributed by atoms with van der Waals surface area (Å²) in [4.78, 5) is 2.22. The monoisotopic (exact) mass is 274 g/mol. The number of anilines is 1. The molecule has 1 saturated heterocycles. The van der Waals surface area contributed by atoms with E-state index in [4.69, 9.17) is 0 Å². The van der Waals surface area contributed by atoms with Crippen molar-refractivity contribution in [2.24, 2.45) is 0 Å². The molecule has 0 amide bonds. The number of nitrogens with one attached hydrogen (secondary N) is 1. The van der Waals surface area contributed by atoms with Crippen LogP contribution in [-0.4, -0.2) is 32.1 Å². The molecule has 2 nitrogen and oxygen atoms in total. The highest BCUT2D eigenvalue weighted by Crippen LogP contribution is 2.39. The molecule has 2 aliphatic rings. The van der Waals surface area contributed by atoms with E-state index in [0.29, 0.717) is 0 Å². The topological polar surface area (TPSA) is 15.3 Å². The second-order valence-electron chi connectivity index (χ2n) is 4.86. The summed E-state index contributed by atoms with van der Waals surface area (Å²) in [6.07, 6.45) is -0.190. The quantitative estimate of drug-likeness (QED) is 0.845. The Kier molecular flexibility index (Phi) is 3.78. The predicted octanol–water partition coefficient (Wildman–Crippen LogP) is 2.25. The zero-order valence-electron chi connectivity index (χ0n) is 10.1. The fraction of sp³-hybridized carbons (Fsp3) is 0.538. The Balaban J connectivity index is 0.00000120. The number of hydrogen-bond acceptors (Lipinski definition) is 2. The van der Waals surface area contributed by atoms with Gasteiger partial charge in [0.1, 0.15) is 0 Å². The zero-order valence-corrected chi connectivity index (χ0v) is 10.9. The van der Waals surface area contributed by atoms with Crippen molar-refractivity contribution in [3.63, 3.8) is 0 Å². The number of piperazine rings is 1. The molecule has 0 aromatic heterocycles. The molecule has 0 atom stereocenters. The molecule has 3 rings (SSSR count). The van der Waals surface area contributed by atoms with E-state index in [2.05, 4.69) is 10.2 Å². The van der Waals surface area contributed by atoms with Crippen LogP contribution < -0.4 is 10.2 Å². The first-order valence-electron chi connectivity index (χ1n) is 6.10. The van der Waals surface area contributed by atoms with E-state index < -0.39 is 5.92 Å². The van der Waals surface area contributed by atoms with Gasteiger partial charge in [0.25, 0.3) is 5.92 Å². The highest BCUT2D eigenvalue weighted by molar-refractivity contribution is 5.85. The lowest BCUT2D eigenvalue weighted by Gasteiger charge is -2.31. The van der Waals surface area contributed by atoms with Gasteiger partial charge in [0.15, 0.2) is 0 Å². The molecule has 100 valence electrons. The maximum atomic E-state index is 13.5. The van der Waals surface area contributed by atoms with Gasteiger partial charge < -0.3 is 10.2 Å². The van der Waals surface area contributed by atoms with E-state index in [1.165, 1.54) is 0 Å². The molecule has 1 aromatic carbocycles. The van der Waals surface area contributed by atoms with Crippen LogP contribution in [0.4, 0.5) is 14.5 Å². The summed E-state index contributed by atoms with van der Waals surface area (Å²) in [5.41, 5.74) is 2.70. The fourth-order valence-electron chi connectivity index (χ4n) is 2.79. The Labute approximate surface area is 112 Å². The fourth-order valence-corrected chi connectivity index (χ4v) is 2.79. The average molecular weight is 275 g/mol. The van der Waals surface area contributed by atoms with Crippen molar-refractivity contribution in [3.05, 3.63) is 29.3 Å². The predicted molar refractivity (Wildman–Crippen MR) is 71.1 cm³/mol. The summed E-state index contributed by atoms with van der Waals surface area (Å²) in [6.45, 7) is 3.67. The van der Waals surface area contributed by atoms with Gasteiger partial charge in [-0.25, -0.2) is 8.78 Å². The van der Waals surface area contributed by atoms with Crippen LogP contribution in [0.5, 0.6) is 0 Å². The molecule has 1 aliphatic carbocycles. The number of fused-ring (bicyclic) bond motifs is 1. The van der Waals surface area contributed by atoms with Gasteiger partial charge >= 0.3 is 0 Å². The van der Waals surface area contributed by atoms with E-state index in [0.717, 1.165) is 43.0 Å². The smallest absolute Gasteiger partial charge is 0.256 e. The Morgan fingerprint density at radius 2 is 1.83 bits per heavy atom. The Hall–Kier alpha value is -0.870. The zero-order chi connectivity index (χ0) is 11.9. The van der Waals surface area contributed by atoms with Crippen molar-refractivity contribution in [1.29, 1.82) is 0 Å². The van der Waals surface area contributed by atoms with Crippen LogP contribution in [0.15, 0.2) is 18.2 Å². The molecule has 5 heteroatoms. The SMILES string of the molecule is Cl.FC1(F)Cc2cccc(N3CCNCC3)c2C1. The molecule has 1 fully saturated rings. The minimum Gasteiger partial charge on any atom is -0.369 e. The van der Waals surface area contributed by atoms with E-state index in [9.17, 15) is 8.78 Å². The number of hydrogen-bond donors (Lipinski definition) is 1. The average Bonchev–Trinajstić information content (AvgIpc) is 2.63. The molecular weight excluding hydrogens is 258 g/mol. The molecule has 1 N–H and O–H groups in total. The minimum absolute atomic E-state index is 0. The van der Waals surface area contributed by atoms with Crippen LogP contribution in [-0.2, 0) is 12.8 Å². The normalized spacial score (nSPS) is 21.3. The lowest BCUT2D eigenvalue weighted by molar-refractivity contribution is 0.0131. The highest BCUT2D eigenvalue weighted by Gasteiger charge is 2.39. The second kappa shape index (κ2) is 5.02. The van der Waals surface area contributed by atoms with Gasteiger partial charge in [0.2, 0.25) is 0 Å². The van der Waals surface area contributed by atoms with E-state index >= 15 is 0 Å². The summed E-state index contributed by atoms with van der Waals surface area (Å²) < 4.78 is 26.9. The summed E-state index contributed by atoms with van der Waals surface area (Å²) in [5, 5.41) is 3.28. The summed E-state index contributed by atoms with van der Waals surface area (Å²) in [5.74, 6) is -2.55. The molecular formula is C13H17ClF2N2. The molecule has 18 heavy (non-hydrogen) atoms. The molecule has 0 bridgehead atoms. The van der Waals surface area contributed by atoms with Gasteiger partial charge in [-0.2, -0.15) is 0 Å². The lowest BCUT2D eigenvalue weighted by Crippen LogP contribution is -2.43. The van der Waals surface area contributed by atoms with Crippen molar-refractivity contribution in [1.82, 2.24) is 5.32 Å². The van der Waals surface area contributed by atoms with Crippen LogP contribution in [0.3, 0.4) is 0 Å². The number of nitrogens with zero attached hydrogens (tertiary/aromatic N) is 1. The first-order valence-corrected chi connectivity index (χ1v) is 6.10. The molecule has 1 aliphatic heterocycles. The third-order valence-electron chi connectivity index (χ3n) is 3.59. The maximum Gasteiger partial charge on any atom is 0.256 e. The maximum absolute atomic E-state index is 13.5. The molecule has 1 heterocycles. The molecule has 0 unspecified atom stereocenters. The largest absolute Gasteiger partial charge is 0.369 e. The first-order chi connectivity index (χ1) is 8.16. The highest BCUT2D eigenvalue weighted by atomic mass is 35.5. The molecule has 1 aromatic rings. The van der Waals surface area contributed by atoms with Gasteiger partial charge in [-0.1, -0.05) is 12.1 Å². The Morgan fingerprint density at radius 3 is 2.56 bits per heavy atom. The number of benzene rings is 1. The van der Waals surface area contributed by atoms with Crippen molar-refractivity contribution in [3.8, 4) is 0 Å². The standard InChI is InChI=1S/C13H16F2N2.ClH/c14-13(15)8-10-2-1-3-12(11(10)9-13)17-6-4-16-5-7-17;/h1-3,16H,4-9H2;1H. The Bertz CT molecular complexity index is 431. The molecule has 0 radical (unpaired) electrons. The molecule has 0 spiro atoms. The van der Waals surface area contributed by atoms with Crippen LogP contribution in [0.1, 0.15) is 11.1 Å². The summed E-state index contributed by atoms with van der Waals surface area (Å²) >= 11 is 0. The van der Waals surface area contributed by atoms with E-state index in [-0.39, 0.29) is 25.2 Å². The van der Waals surface area contributed by atoms with Gasteiger partial charge in [-0.15, -0.1) is 12.4 Å².